The number of rotatable bonds is 14. The molecule has 1 fully saturated rings. The Morgan fingerprint density at radius 1 is 0.981 bits per heavy atom. The molecule has 1 aliphatic rings. The minimum absolute atomic E-state index is 0.0210. The summed E-state index contributed by atoms with van der Waals surface area (Å²) in [6.45, 7) is 18.0. The number of nitrogens with zero attached hydrogens (tertiary/aromatic N) is 1. The lowest BCUT2D eigenvalue weighted by molar-refractivity contribution is -0.215. The Labute approximate surface area is 317 Å². The van der Waals surface area contributed by atoms with Crippen molar-refractivity contribution in [3.05, 3.63) is 53.7 Å². The summed E-state index contributed by atoms with van der Waals surface area (Å²) in [6, 6.07) is 10.7. The number of thiazole rings is 1. The molecule has 0 atom stereocenters. The predicted octanol–water partition coefficient (Wildman–Crippen LogP) is 8.48. The van der Waals surface area contributed by atoms with Crippen LogP contribution in [0.1, 0.15) is 85.1 Å². The monoisotopic (exact) mass is 791 g/mol. The Morgan fingerprint density at radius 2 is 1.62 bits per heavy atom. The van der Waals surface area contributed by atoms with Gasteiger partial charge in [0.05, 0.1) is 33.2 Å². The number of anilines is 2. The molecular formula is C36H53N5O9S2Si. The quantitative estimate of drug-likeness (QED) is 0.0599. The third-order valence-electron chi connectivity index (χ3n) is 9.29. The van der Waals surface area contributed by atoms with Crippen LogP contribution in [0.5, 0.6) is 5.75 Å². The van der Waals surface area contributed by atoms with Gasteiger partial charge >= 0.3 is 12.2 Å². The fourth-order valence-corrected chi connectivity index (χ4v) is 9.44. The van der Waals surface area contributed by atoms with Gasteiger partial charge in [-0.3, -0.25) is 5.32 Å². The van der Waals surface area contributed by atoms with Crippen molar-refractivity contribution in [2.45, 2.75) is 121 Å². The van der Waals surface area contributed by atoms with Crippen molar-refractivity contribution < 1.29 is 42.2 Å². The second kappa shape index (κ2) is 17.3. The average molecular weight is 792 g/mol. The smallest absolute Gasteiger partial charge is 0.417 e. The molecule has 2 amide bonds. The number of benzene rings is 2. The van der Waals surface area contributed by atoms with E-state index < -0.39 is 36.1 Å². The topological polar surface area (TPSA) is 186 Å². The summed E-state index contributed by atoms with van der Waals surface area (Å²) in [7, 11) is -6.37. The first-order valence-corrected chi connectivity index (χ1v) is 22.8. The summed E-state index contributed by atoms with van der Waals surface area (Å²) in [4.78, 5) is 34.2. The summed E-state index contributed by atoms with van der Waals surface area (Å²) >= 11 is 1.43. The van der Waals surface area contributed by atoms with Crippen LogP contribution in [-0.2, 0) is 24.2 Å². The SMILES string of the molecule is CC(C)OC(=O)NC1CCC(c2ncc(-c3ccc(NC(=O)Oc4ccc(NOO)cc4)cc3S(=O)(=O)NC(C)(C)CO[Si](C)(C)C(C)(C)C)s2)CC1. The maximum Gasteiger partial charge on any atom is 0.417 e. The lowest BCUT2D eigenvalue weighted by Crippen LogP contribution is -2.51. The Bertz CT molecular complexity index is 1820. The molecule has 0 aliphatic heterocycles. The third kappa shape index (κ3) is 12.0. The summed E-state index contributed by atoms with van der Waals surface area (Å²) in [5.41, 5.74) is 2.34. The highest BCUT2D eigenvalue weighted by molar-refractivity contribution is 7.89. The van der Waals surface area contributed by atoms with Gasteiger partial charge in [-0.25, -0.2) is 38.5 Å². The second-order valence-corrected chi connectivity index (χ2v) is 23.2. The summed E-state index contributed by atoms with van der Waals surface area (Å²) in [5.74, 6) is 0.368. The largest absolute Gasteiger partial charge is 0.447 e. The fraction of sp³-hybridized carbons (Fsp3) is 0.528. The van der Waals surface area contributed by atoms with Gasteiger partial charge in [-0.2, -0.15) is 0 Å². The van der Waals surface area contributed by atoms with Gasteiger partial charge in [-0.1, -0.05) is 26.8 Å². The molecule has 0 unspecified atom stereocenters. The van der Waals surface area contributed by atoms with E-state index in [9.17, 15) is 18.0 Å². The molecule has 1 aliphatic carbocycles. The maximum absolute atomic E-state index is 14.3. The molecule has 0 bridgehead atoms. The van der Waals surface area contributed by atoms with Gasteiger partial charge in [0.25, 0.3) is 0 Å². The molecule has 5 N–H and O–H groups in total. The highest BCUT2D eigenvalue weighted by Crippen LogP contribution is 2.41. The first-order chi connectivity index (χ1) is 24.7. The Morgan fingerprint density at radius 3 is 2.23 bits per heavy atom. The molecule has 0 radical (unpaired) electrons. The van der Waals surface area contributed by atoms with E-state index in [1.165, 1.54) is 41.7 Å². The van der Waals surface area contributed by atoms with Crippen LogP contribution in [0.25, 0.3) is 10.4 Å². The Kier molecular flexibility index (Phi) is 13.7. The van der Waals surface area contributed by atoms with Gasteiger partial charge in [-0.05, 0) is 108 Å². The van der Waals surface area contributed by atoms with Crippen LogP contribution in [0, 0.1) is 0 Å². The predicted molar refractivity (Wildman–Crippen MR) is 208 cm³/mol. The van der Waals surface area contributed by atoms with E-state index in [2.05, 4.69) is 59.7 Å². The molecule has 1 heterocycles. The number of carbonyl (C=O) groups excluding carboxylic acids is 2. The van der Waals surface area contributed by atoms with Crippen LogP contribution in [0.4, 0.5) is 21.0 Å². The Hall–Kier alpha value is -3.58. The molecule has 17 heteroatoms. The molecule has 1 aromatic heterocycles. The molecule has 3 aromatic rings. The maximum atomic E-state index is 14.3. The summed E-state index contributed by atoms with van der Waals surface area (Å²) < 4.78 is 48.4. The number of ether oxygens (including phenoxy) is 2. The van der Waals surface area contributed by atoms with Gasteiger partial charge < -0.3 is 19.2 Å². The van der Waals surface area contributed by atoms with Crippen LogP contribution < -0.4 is 25.6 Å². The molecule has 1 saturated carbocycles. The molecule has 4 rings (SSSR count). The number of sulfonamides is 1. The average Bonchev–Trinajstić information content (AvgIpc) is 3.54. The van der Waals surface area contributed by atoms with Gasteiger partial charge in [0.1, 0.15) is 5.75 Å². The van der Waals surface area contributed by atoms with Crippen molar-refractivity contribution in [1.82, 2.24) is 15.0 Å². The van der Waals surface area contributed by atoms with Crippen LogP contribution in [-0.4, -0.2) is 63.5 Å². The van der Waals surface area contributed by atoms with Crippen LogP contribution in [0.2, 0.25) is 18.1 Å². The molecular weight excluding hydrogens is 739 g/mol. The zero-order valence-corrected chi connectivity index (χ0v) is 34.5. The highest BCUT2D eigenvalue weighted by atomic mass is 32.2. The standard InChI is InChI=1S/C36H53N5O9S2Si/c1-23(2)48-33(42)38-25-12-10-24(11-13-25)32-37-21-30(51-32)29-19-16-27(39-34(43)49-28-17-14-26(15-18-28)40-50-44)20-31(29)52(45,46)41-36(6,7)22-47-53(8,9)35(3,4)5/h14-21,23-25,40-41,44H,10-13,22H2,1-9H3,(H,38,42)(H,39,43). The molecule has 0 saturated heterocycles. The number of amides is 2. The first kappa shape index (κ1) is 42.2. The molecule has 292 valence electrons. The van der Waals surface area contributed by atoms with Gasteiger partial charge in [0.2, 0.25) is 10.0 Å². The van der Waals surface area contributed by atoms with E-state index in [1.807, 2.05) is 13.8 Å². The van der Waals surface area contributed by atoms with E-state index in [0.29, 0.717) is 16.1 Å². The lowest BCUT2D eigenvalue weighted by Gasteiger charge is -2.39. The van der Waals surface area contributed by atoms with Crippen LogP contribution in [0.15, 0.2) is 53.6 Å². The molecule has 14 nitrogen and oxygen atoms in total. The minimum Gasteiger partial charge on any atom is -0.447 e. The zero-order chi connectivity index (χ0) is 39.2. The van der Waals surface area contributed by atoms with E-state index in [4.69, 9.17) is 24.1 Å². The van der Waals surface area contributed by atoms with Gasteiger partial charge in [0, 0.05) is 34.9 Å². The van der Waals surface area contributed by atoms with Crippen molar-refractivity contribution in [3.63, 3.8) is 0 Å². The number of hydrogen-bond acceptors (Lipinski definition) is 12. The number of carbonyl (C=O) groups is 2. The van der Waals surface area contributed by atoms with Gasteiger partial charge in [0.15, 0.2) is 8.32 Å². The molecule has 2 aromatic carbocycles. The Balaban J connectivity index is 1.58. The van der Waals surface area contributed by atoms with E-state index in [1.54, 1.807) is 32.2 Å². The van der Waals surface area contributed by atoms with Crippen molar-refractivity contribution in [2.24, 2.45) is 0 Å². The van der Waals surface area contributed by atoms with Crippen molar-refractivity contribution >= 4 is 53.2 Å². The molecule has 0 spiro atoms. The van der Waals surface area contributed by atoms with E-state index in [-0.39, 0.29) is 46.0 Å². The molecule has 53 heavy (non-hydrogen) atoms. The second-order valence-electron chi connectivity index (χ2n) is 15.7. The number of nitrogens with one attached hydrogen (secondary N) is 4. The first-order valence-electron chi connectivity index (χ1n) is 17.6. The zero-order valence-electron chi connectivity index (χ0n) is 31.9. The van der Waals surface area contributed by atoms with E-state index >= 15 is 0 Å². The third-order valence-corrected chi connectivity index (χ3v) is 16.7. The van der Waals surface area contributed by atoms with Crippen LogP contribution in [0.3, 0.4) is 0 Å². The van der Waals surface area contributed by atoms with Crippen LogP contribution >= 0.6 is 11.3 Å². The van der Waals surface area contributed by atoms with Crippen molar-refractivity contribution in [2.75, 3.05) is 17.4 Å². The number of hydrogen-bond donors (Lipinski definition) is 5. The normalized spacial score (nSPS) is 17.0. The number of alkyl carbamates (subject to hydrolysis) is 1. The minimum atomic E-state index is -4.19. The van der Waals surface area contributed by atoms with Gasteiger partial charge in [-0.15, -0.1) is 16.3 Å². The summed E-state index contributed by atoms with van der Waals surface area (Å²) in [5, 5.41) is 15.0. The van der Waals surface area contributed by atoms with Crippen molar-refractivity contribution in [3.8, 4) is 16.2 Å². The fourth-order valence-electron chi connectivity index (χ4n) is 5.45. The summed E-state index contributed by atoms with van der Waals surface area (Å²) in [6.07, 6.45) is 3.42. The van der Waals surface area contributed by atoms with E-state index in [0.717, 1.165) is 30.7 Å². The lowest BCUT2D eigenvalue weighted by atomic mass is 9.86. The number of aromatic nitrogens is 1. The van der Waals surface area contributed by atoms with Crippen molar-refractivity contribution in [1.29, 1.82) is 0 Å². The highest BCUT2D eigenvalue weighted by Gasteiger charge is 2.39.